The number of nitrogens with two attached hydrogens (primary N) is 1. The molecule has 0 spiro atoms. The predicted octanol–water partition coefficient (Wildman–Crippen LogP) is 2.25. The Morgan fingerprint density at radius 3 is 2.86 bits per heavy atom. The number of ether oxygens (including phenoxy) is 1. The number of benzene rings is 1. The van der Waals surface area contributed by atoms with Gasteiger partial charge < -0.3 is 10.6 Å². The second-order valence-corrected chi connectivity index (χ2v) is 3.64. The zero-order valence-electron chi connectivity index (χ0n) is 10.7. The van der Waals surface area contributed by atoms with E-state index in [1.165, 1.54) is 10.9 Å². The number of carbonyl (C=O) groups excluding carboxylic acids is 1. The molecule has 2 N–H and O–H groups in total. The summed E-state index contributed by atoms with van der Waals surface area (Å²) < 4.78 is 6.14. The Hall–Kier alpha value is -3.39. The molecule has 0 unspecified atom stereocenters. The number of azide groups is 1. The first-order chi connectivity index (χ1) is 10.3. The van der Waals surface area contributed by atoms with Crippen LogP contribution in [0.5, 0.6) is 0 Å². The highest BCUT2D eigenvalue weighted by Crippen LogP contribution is 2.24. The van der Waals surface area contributed by atoms with Crippen LogP contribution in [0.15, 0.2) is 52.0 Å². The van der Waals surface area contributed by atoms with E-state index in [1.54, 1.807) is 24.3 Å². The molecule has 10 nitrogen and oxygen atoms in total. The minimum atomic E-state index is -0.744. The van der Waals surface area contributed by atoms with Crippen LogP contribution in [0.3, 0.4) is 0 Å². The molecule has 0 aliphatic heterocycles. The molecule has 10 heteroatoms. The maximum atomic E-state index is 11.9. The molecule has 0 bridgehead atoms. The summed E-state index contributed by atoms with van der Waals surface area (Å²) in [6.07, 6.45) is 1.27. The van der Waals surface area contributed by atoms with Crippen LogP contribution in [0.25, 0.3) is 16.1 Å². The zero-order valence-corrected chi connectivity index (χ0v) is 10.7. The zero-order chi connectivity index (χ0) is 15.1. The molecular weight excluding hydrogens is 276 g/mol. The van der Waals surface area contributed by atoms with Crippen molar-refractivity contribution in [3.63, 3.8) is 0 Å². The van der Waals surface area contributed by atoms with E-state index >= 15 is 0 Å². The normalized spacial score (nSPS) is 10.3. The van der Waals surface area contributed by atoms with Crippen molar-refractivity contribution < 1.29 is 9.53 Å². The largest absolute Gasteiger partial charge is 0.456 e. The number of aromatic nitrogens is 2. The van der Waals surface area contributed by atoms with E-state index in [4.69, 9.17) is 16.1 Å². The number of hydrogen-bond acceptors (Lipinski definition) is 6. The SMILES string of the molecule is [N-]=[N+]=NCOC(=O)c1cnn(-c2ccccc2)c1N=NN. The molecular formula is C11H10N8O2. The fraction of sp³-hybridized carbons (Fsp3) is 0.0909. The van der Waals surface area contributed by atoms with Crippen molar-refractivity contribution in [2.24, 2.45) is 21.3 Å². The van der Waals surface area contributed by atoms with Crippen LogP contribution >= 0.6 is 0 Å². The van der Waals surface area contributed by atoms with E-state index in [1.807, 2.05) is 6.07 Å². The van der Waals surface area contributed by atoms with E-state index in [0.29, 0.717) is 5.69 Å². The average Bonchev–Trinajstić information content (AvgIpc) is 2.92. The standard InChI is InChI=1S/C11H10N8O2/c12-17-14-7-21-11(20)9-6-15-19(10(9)16-18-13)8-4-2-1-3-5-8/h1-6H,7H2,(H2,13,16). The molecule has 0 saturated heterocycles. The Kier molecular flexibility index (Phi) is 4.46. The molecule has 2 rings (SSSR count). The highest BCUT2D eigenvalue weighted by molar-refractivity contribution is 5.94. The Labute approximate surface area is 118 Å². The summed E-state index contributed by atoms with van der Waals surface area (Å²) in [5.74, 6) is 4.43. The van der Waals surface area contributed by atoms with Gasteiger partial charge >= 0.3 is 5.97 Å². The van der Waals surface area contributed by atoms with Gasteiger partial charge in [0.05, 0.1) is 11.9 Å². The first-order valence-electron chi connectivity index (χ1n) is 5.70. The van der Waals surface area contributed by atoms with Crippen molar-refractivity contribution in [3.8, 4) is 5.69 Å². The molecule has 0 atom stereocenters. The van der Waals surface area contributed by atoms with Crippen molar-refractivity contribution in [2.45, 2.75) is 0 Å². The summed E-state index contributed by atoms with van der Waals surface area (Å²) in [6.45, 7) is -0.426. The van der Waals surface area contributed by atoms with Crippen LogP contribution in [0, 0.1) is 0 Å². The quantitative estimate of drug-likeness (QED) is 0.224. The topological polar surface area (TPSA) is 144 Å². The molecule has 0 saturated carbocycles. The fourth-order valence-electron chi connectivity index (χ4n) is 1.59. The molecule has 0 aliphatic rings. The average molecular weight is 286 g/mol. The van der Waals surface area contributed by atoms with Gasteiger partial charge in [-0.3, -0.25) is 0 Å². The highest BCUT2D eigenvalue weighted by atomic mass is 16.5. The second-order valence-electron chi connectivity index (χ2n) is 3.64. The van der Waals surface area contributed by atoms with Crippen LogP contribution in [0.4, 0.5) is 5.82 Å². The van der Waals surface area contributed by atoms with Gasteiger partial charge in [-0.1, -0.05) is 28.5 Å². The number of para-hydroxylation sites is 1. The van der Waals surface area contributed by atoms with Crippen LogP contribution in [-0.2, 0) is 4.74 Å². The lowest BCUT2D eigenvalue weighted by Gasteiger charge is -2.04. The van der Waals surface area contributed by atoms with Crippen LogP contribution in [-0.4, -0.2) is 22.5 Å². The van der Waals surface area contributed by atoms with Gasteiger partial charge in [-0.15, -0.1) is 5.11 Å². The smallest absolute Gasteiger partial charge is 0.343 e. The van der Waals surface area contributed by atoms with Gasteiger partial charge in [0.1, 0.15) is 5.56 Å². The van der Waals surface area contributed by atoms with Gasteiger partial charge in [0.2, 0.25) is 0 Å². The second kappa shape index (κ2) is 6.68. The number of hydrogen-bond donors (Lipinski definition) is 1. The van der Waals surface area contributed by atoms with Crippen molar-refractivity contribution in [1.29, 1.82) is 0 Å². The monoisotopic (exact) mass is 286 g/mol. The maximum Gasteiger partial charge on any atom is 0.343 e. The van der Waals surface area contributed by atoms with Crippen molar-refractivity contribution in [3.05, 3.63) is 52.5 Å². The minimum absolute atomic E-state index is 0.0567. The van der Waals surface area contributed by atoms with E-state index in [9.17, 15) is 4.79 Å². The van der Waals surface area contributed by atoms with Gasteiger partial charge in [0.15, 0.2) is 12.5 Å². The Morgan fingerprint density at radius 1 is 1.43 bits per heavy atom. The Balaban J connectivity index is 2.37. The molecule has 2 aromatic rings. The summed E-state index contributed by atoms with van der Waals surface area (Å²) in [4.78, 5) is 14.3. The molecule has 21 heavy (non-hydrogen) atoms. The maximum absolute atomic E-state index is 11.9. The van der Waals surface area contributed by atoms with Gasteiger partial charge in [-0.25, -0.2) is 9.48 Å². The van der Waals surface area contributed by atoms with Gasteiger partial charge in [0.25, 0.3) is 0 Å². The van der Waals surface area contributed by atoms with Crippen LogP contribution in [0.1, 0.15) is 10.4 Å². The summed E-state index contributed by atoms with van der Waals surface area (Å²) in [5.41, 5.74) is 8.87. The number of esters is 1. The lowest BCUT2D eigenvalue weighted by atomic mass is 10.3. The third-order valence-corrected chi connectivity index (χ3v) is 2.43. The van der Waals surface area contributed by atoms with E-state index in [2.05, 4.69) is 25.5 Å². The third-order valence-electron chi connectivity index (χ3n) is 2.43. The molecule has 1 aromatic carbocycles. The number of carbonyl (C=O) groups is 1. The summed E-state index contributed by atoms with van der Waals surface area (Å²) in [5, 5.41) is 14.0. The molecule has 0 radical (unpaired) electrons. The van der Waals surface area contributed by atoms with Crippen LogP contribution < -0.4 is 5.84 Å². The summed E-state index contributed by atoms with van der Waals surface area (Å²) in [7, 11) is 0. The Morgan fingerprint density at radius 2 is 2.19 bits per heavy atom. The Bertz CT molecular complexity index is 702. The summed E-state index contributed by atoms with van der Waals surface area (Å²) >= 11 is 0. The molecule has 0 aliphatic carbocycles. The van der Waals surface area contributed by atoms with E-state index < -0.39 is 12.7 Å². The molecule has 106 valence electrons. The lowest BCUT2D eigenvalue weighted by Crippen LogP contribution is -2.05. The number of rotatable bonds is 5. The van der Waals surface area contributed by atoms with E-state index in [0.717, 1.165) is 0 Å². The first-order valence-corrected chi connectivity index (χ1v) is 5.70. The van der Waals surface area contributed by atoms with Crippen molar-refractivity contribution in [1.82, 2.24) is 9.78 Å². The third kappa shape index (κ3) is 3.14. The number of nitrogens with zero attached hydrogens (tertiary/aromatic N) is 7. The minimum Gasteiger partial charge on any atom is -0.456 e. The molecule has 1 aromatic heterocycles. The van der Waals surface area contributed by atoms with Gasteiger partial charge in [-0.05, 0) is 17.7 Å². The highest BCUT2D eigenvalue weighted by Gasteiger charge is 2.19. The molecule has 1 heterocycles. The van der Waals surface area contributed by atoms with Gasteiger partial charge in [0, 0.05) is 4.91 Å². The van der Waals surface area contributed by atoms with Gasteiger partial charge in [-0.2, -0.15) is 5.10 Å². The van der Waals surface area contributed by atoms with Crippen LogP contribution in [0.2, 0.25) is 0 Å². The van der Waals surface area contributed by atoms with Crippen molar-refractivity contribution >= 4 is 11.8 Å². The lowest BCUT2D eigenvalue weighted by molar-refractivity contribution is 0.0516. The van der Waals surface area contributed by atoms with Crippen molar-refractivity contribution in [2.75, 3.05) is 6.73 Å². The molecule has 0 fully saturated rings. The fourth-order valence-corrected chi connectivity index (χ4v) is 1.59. The summed E-state index contributed by atoms with van der Waals surface area (Å²) in [6, 6.07) is 9.00. The first kappa shape index (κ1) is 14.0. The van der Waals surface area contributed by atoms with E-state index in [-0.39, 0.29) is 11.4 Å². The predicted molar refractivity (Wildman–Crippen MR) is 71.7 cm³/mol. The molecule has 0 amide bonds.